The molecule has 0 spiro atoms. The molecular formula is C23H44O4. The first-order chi connectivity index (χ1) is 12.8. The maximum atomic E-state index is 11.9. The number of carbonyl (C=O) groups is 2. The van der Waals surface area contributed by atoms with Crippen LogP contribution in [0.15, 0.2) is 0 Å². The molecule has 0 saturated carbocycles. The first-order valence-electron chi connectivity index (χ1n) is 11.3. The lowest BCUT2D eigenvalue weighted by Gasteiger charge is -2.38. The smallest absolute Gasteiger partial charge is 0.309 e. The molecule has 1 atom stereocenters. The standard InChI is InChI=1S/C23H44O4/c1-5-23(6-2,22(26)27)20(19(3)4)17-15-13-11-9-7-8-10-12-14-16-18-21(24)25/h19-20H,5-18H2,1-4H3,(H,24,25)(H,26,27). The molecule has 160 valence electrons. The minimum absolute atomic E-state index is 0.260. The van der Waals surface area contributed by atoms with Crippen molar-refractivity contribution in [2.45, 2.75) is 118 Å². The van der Waals surface area contributed by atoms with Crippen LogP contribution in [0.25, 0.3) is 0 Å². The van der Waals surface area contributed by atoms with Gasteiger partial charge in [0.2, 0.25) is 0 Å². The average Bonchev–Trinajstić information content (AvgIpc) is 2.61. The van der Waals surface area contributed by atoms with Crippen molar-refractivity contribution in [2.75, 3.05) is 0 Å². The summed E-state index contributed by atoms with van der Waals surface area (Å²) in [5.74, 6) is -0.638. The molecule has 4 nitrogen and oxygen atoms in total. The van der Waals surface area contributed by atoms with Gasteiger partial charge >= 0.3 is 11.9 Å². The third kappa shape index (κ3) is 10.2. The van der Waals surface area contributed by atoms with E-state index in [1.54, 1.807) is 0 Å². The summed E-state index contributed by atoms with van der Waals surface area (Å²) >= 11 is 0. The van der Waals surface area contributed by atoms with Crippen molar-refractivity contribution < 1.29 is 19.8 Å². The van der Waals surface area contributed by atoms with Crippen LogP contribution in [0, 0.1) is 17.3 Å². The highest BCUT2D eigenvalue weighted by molar-refractivity contribution is 5.75. The zero-order valence-corrected chi connectivity index (χ0v) is 18.3. The van der Waals surface area contributed by atoms with Gasteiger partial charge in [0.15, 0.2) is 0 Å². The number of hydrogen-bond acceptors (Lipinski definition) is 2. The summed E-state index contributed by atoms with van der Waals surface area (Å²) in [5.41, 5.74) is -0.561. The molecule has 0 aliphatic carbocycles. The molecule has 0 saturated heterocycles. The zero-order valence-electron chi connectivity index (χ0n) is 18.3. The molecular weight excluding hydrogens is 340 g/mol. The zero-order chi connectivity index (χ0) is 20.7. The molecule has 0 heterocycles. The molecule has 0 rings (SSSR count). The average molecular weight is 385 g/mol. The Kier molecular flexibility index (Phi) is 14.3. The predicted molar refractivity (Wildman–Crippen MR) is 112 cm³/mol. The molecule has 0 bridgehead atoms. The van der Waals surface area contributed by atoms with E-state index in [4.69, 9.17) is 5.11 Å². The normalized spacial score (nSPS) is 13.1. The van der Waals surface area contributed by atoms with Gasteiger partial charge in [0, 0.05) is 6.42 Å². The number of rotatable bonds is 18. The third-order valence-electron chi connectivity index (χ3n) is 6.36. The second-order valence-electron chi connectivity index (χ2n) is 8.49. The summed E-state index contributed by atoms with van der Waals surface area (Å²) < 4.78 is 0. The van der Waals surface area contributed by atoms with E-state index >= 15 is 0 Å². The largest absolute Gasteiger partial charge is 0.481 e. The van der Waals surface area contributed by atoms with Gasteiger partial charge in [-0.15, -0.1) is 0 Å². The van der Waals surface area contributed by atoms with Crippen LogP contribution in [0.1, 0.15) is 118 Å². The molecule has 0 amide bonds. The van der Waals surface area contributed by atoms with E-state index in [2.05, 4.69) is 13.8 Å². The van der Waals surface area contributed by atoms with Crippen molar-refractivity contribution in [1.29, 1.82) is 0 Å². The van der Waals surface area contributed by atoms with Gasteiger partial charge in [-0.05, 0) is 37.5 Å². The Morgan fingerprint density at radius 3 is 1.48 bits per heavy atom. The molecule has 2 N–H and O–H groups in total. The van der Waals surface area contributed by atoms with Gasteiger partial charge in [-0.3, -0.25) is 9.59 Å². The number of carboxylic acids is 2. The summed E-state index contributed by atoms with van der Waals surface area (Å²) in [6, 6.07) is 0. The molecule has 0 aromatic heterocycles. The highest BCUT2D eigenvalue weighted by Gasteiger charge is 2.43. The molecule has 0 aromatic carbocycles. The first kappa shape index (κ1) is 25.9. The summed E-state index contributed by atoms with van der Waals surface area (Å²) in [6.07, 6.45) is 14.3. The molecule has 0 fully saturated rings. The number of unbranched alkanes of at least 4 members (excludes halogenated alkanes) is 9. The van der Waals surface area contributed by atoms with Crippen molar-refractivity contribution in [3.05, 3.63) is 0 Å². The molecule has 0 aliphatic rings. The Hall–Kier alpha value is -1.06. The summed E-state index contributed by atoms with van der Waals surface area (Å²) in [7, 11) is 0. The minimum atomic E-state index is -0.687. The van der Waals surface area contributed by atoms with Crippen LogP contribution in [-0.4, -0.2) is 22.2 Å². The van der Waals surface area contributed by atoms with Crippen LogP contribution in [-0.2, 0) is 9.59 Å². The lowest BCUT2D eigenvalue weighted by atomic mass is 9.65. The van der Waals surface area contributed by atoms with E-state index < -0.39 is 17.4 Å². The molecule has 0 aromatic rings. The fourth-order valence-corrected chi connectivity index (χ4v) is 4.54. The minimum Gasteiger partial charge on any atom is -0.481 e. The highest BCUT2D eigenvalue weighted by atomic mass is 16.4. The van der Waals surface area contributed by atoms with E-state index in [1.165, 1.54) is 38.5 Å². The second kappa shape index (κ2) is 14.9. The van der Waals surface area contributed by atoms with Crippen LogP contribution in [0.4, 0.5) is 0 Å². The molecule has 0 aliphatic heterocycles. The third-order valence-corrected chi connectivity index (χ3v) is 6.36. The lowest BCUT2D eigenvalue weighted by molar-refractivity contribution is -0.155. The SMILES string of the molecule is CCC(CC)(C(=O)O)C(CCCCCCCCCCCCC(=O)O)C(C)C. The van der Waals surface area contributed by atoms with Crippen molar-refractivity contribution in [3.8, 4) is 0 Å². The van der Waals surface area contributed by atoms with Crippen molar-refractivity contribution in [3.63, 3.8) is 0 Å². The van der Waals surface area contributed by atoms with Gasteiger partial charge in [-0.2, -0.15) is 0 Å². The van der Waals surface area contributed by atoms with Crippen LogP contribution >= 0.6 is 0 Å². The maximum absolute atomic E-state index is 11.9. The van der Waals surface area contributed by atoms with E-state index in [1.807, 2.05) is 13.8 Å². The maximum Gasteiger partial charge on any atom is 0.309 e. The predicted octanol–water partition coefficient (Wildman–Crippen LogP) is 6.92. The second-order valence-corrected chi connectivity index (χ2v) is 8.49. The van der Waals surface area contributed by atoms with Crippen molar-refractivity contribution in [1.82, 2.24) is 0 Å². The number of hydrogen-bond donors (Lipinski definition) is 2. The quantitative estimate of drug-likeness (QED) is 0.252. The summed E-state index contributed by atoms with van der Waals surface area (Å²) in [6.45, 7) is 8.39. The first-order valence-corrected chi connectivity index (χ1v) is 11.3. The Morgan fingerprint density at radius 1 is 0.741 bits per heavy atom. The van der Waals surface area contributed by atoms with E-state index in [0.29, 0.717) is 25.2 Å². The van der Waals surface area contributed by atoms with E-state index in [0.717, 1.165) is 32.1 Å². The van der Waals surface area contributed by atoms with Gasteiger partial charge in [-0.25, -0.2) is 0 Å². The van der Waals surface area contributed by atoms with E-state index in [-0.39, 0.29) is 5.92 Å². The van der Waals surface area contributed by atoms with Crippen LogP contribution in [0.5, 0.6) is 0 Å². The Bertz CT molecular complexity index is 399. The molecule has 0 radical (unpaired) electrons. The Labute approximate surface area is 167 Å². The Morgan fingerprint density at radius 2 is 1.15 bits per heavy atom. The fraction of sp³-hybridized carbons (Fsp3) is 0.913. The molecule has 4 heteroatoms. The van der Waals surface area contributed by atoms with Gasteiger partial charge in [0.25, 0.3) is 0 Å². The molecule has 27 heavy (non-hydrogen) atoms. The number of carboxylic acid groups (broad SMARTS) is 2. The summed E-state index contributed by atoms with van der Waals surface area (Å²) in [5, 5.41) is 18.4. The molecule has 1 unspecified atom stereocenters. The lowest BCUT2D eigenvalue weighted by Crippen LogP contribution is -2.40. The van der Waals surface area contributed by atoms with Crippen LogP contribution in [0.3, 0.4) is 0 Å². The number of aliphatic carboxylic acids is 2. The van der Waals surface area contributed by atoms with Gasteiger partial charge in [0.1, 0.15) is 0 Å². The van der Waals surface area contributed by atoms with E-state index in [9.17, 15) is 14.7 Å². The van der Waals surface area contributed by atoms with Gasteiger partial charge in [0.05, 0.1) is 5.41 Å². The van der Waals surface area contributed by atoms with Crippen LogP contribution in [0.2, 0.25) is 0 Å². The van der Waals surface area contributed by atoms with Crippen LogP contribution < -0.4 is 0 Å². The monoisotopic (exact) mass is 384 g/mol. The van der Waals surface area contributed by atoms with Crippen molar-refractivity contribution >= 4 is 11.9 Å². The van der Waals surface area contributed by atoms with Gasteiger partial charge < -0.3 is 10.2 Å². The highest BCUT2D eigenvalue weighted by Crippen LogP contribution is 2.43. The summed E-state index contributed by atoms with van der Waals surface area (Å²) in [4.78, 5) is 22.4. The topological polar surface area (TPSA) is 74.6 Å². The van der Waals surface area contributed by atoms with Crippen molar-refractivity contribution in [2.24, 2.45) is 17.3 Å². The van der Waals surface area contributed by atoms with Gasteiger partial charge in [-0.1, -0.05) is 85.5 Å². The fourth-order valence-electron chi connectivity index (χ4n) is 4.54. The Balaban J connectivity index is 3.91.